The summed E-state index contributed by atoms with van der Waals surface area (Å²) < 4.78 is 0.653. The van der Waals surface area contributed by atoms with Crippen molar-refractivity contribution in [1.82, 2.24) is 4.90 Å². The van der Waals surface area contributed by atoms with E-state index in [0.29, 0.717) is 22.3 Å². The molecule has 0 aliphatic rings. The van der Waals surface area contributed by atoms with Crippen molar-refractivity contribution >= 4 is 33.5 Å². The Morgan fingerprint density at radius 2 is 2.11 bits per heavy atom. The van der Waals surface area contributed by atoms with Crippen LogP contribution in [0, 0.1) is 5.92 Å². The summed E-state index contributed by atoms with van der Waals surface area (Å²) >= 11 is 3.27. The normalized spacial score (nSPS) is 11.9. The van der Waals surface area contributed by atoms with E-state index in [4.69, 9.17) is 10.8 Å². The van der Waals surface area contributed by atoms with Gasteiger partial charge in [0, 0.05) is 28.8 Å². The molecule has 0 bridgehead atoms. The van der Waals surface area contributed by atoms with E-state index in [9.17, 15) is 9.59 Å². The van der Waals surface area contributed by atoms with Crippen molar-refractivity contribution in [3.63, 3.8) is 0 Å². The molecule has 1 aromatic rings. The summed E-state index contributed by atoms with van der Waals surface area (Å²) in [5.74, 6) is -1.71. The first-order valence-electron chi connectivity index (χ1n) is 5.93. The number of hydrogen-bond donors (Lipinski definition) is 2. The molecule has 1 aromatic carbocycles. The Bertz CT molecular complexity index is 491. The quantitative estimate of drug-likeness (QED) is 0.812. The molecule has 1 rings (SSSR count). The van der Waals surface area contributed by atoms with Crippen molar-refractivity contribution < 1.29 is 14.7 Å². The molecule has 19 heavy (non-hydrogen) atoms. The highest BCUT2D eigenvalue weighted by molar-refractivity contribution is 9.10. The Morgan fingerprint density at radius 1 is 1.47 bits per heavy atom. The maximum atomic E-state index is 12.3. The summed E-state index contributed by atoms with van der Waals surface area (Å²) in [6.07, 6.45) is 0. The van der Waals surface area contributed by atoms with E-state index >= 15 is 0 Å². The summed E-state index contributed by atoms with van der Waals surface area (Å²) in [6, 6.07) is 4.92. The Balaban J connectivity index is 2.89. The van der Waals surface area contributed by atoms with Crippen LogP contribution >= 0.6 is 15.9 Å². The molecule has 0 spiro atoms. The number of carboxylic acid groups (broad SMARTS) is 1. The minimum absolute atomic E-state index is 0.187. The van der Waals surface area contributed by atoms with Gasteiger partial charge in [0.1, 0.15) is 0 Å². The van der Waals surface area contributed by atoms with E-state index in [0.717, 1.165) is 0 Å². The molecule has 0 saturated heterocycles. The molecule has 0 saturated carbocycles. The average Bonchev–Trinajstić information content (AvgIpc) is 2.37. The van der Waals surface area contributed by atoms with Gasteiger partial charge in [-0.3, -0.25) is 9.59 Å². The lowest BCUT2D eigenvalue weighted by atomic mass is 10.1. The number of rotatable bonds is 5. The minimum atomic E-state index is -0.912. The van der Waals surface area contributed by atoms with Gasteiger partial charge in [-0.1, -0.05) is 6.92 Å². The highest BCUT2D eigenvalue weighted by Gasteiger charge is 2.20. The Hall–Kier alpha value is -1.56. The van der Waals surface area contributed by atoms with Crippen molar-refractivity contribution in [2.45, 2.75) is 13.8 Å². The lowest BCUT2D eigenvalue weighted by molar-refractivity contribution is -0.141. The topological polar surface area (TPSA) is 83.6 Å². The first-order valence-corrected chi connectivity index (χ1v) is 6.73. The van der Waals surface area contributed by atoms with Crippen molar-refractivity contribution in [2.24, 2.45) is 5.92 Å². The van der Waals surface area contributed by atoms with E-state index in [1.807, 2.05) is 6.92 Å². The van der Waals surface area contributed by atoms with Crippen LogP contribution in [0.3, 0.4) is 0 Å². The molecular weight excluding hydrogens is 312 g/mol. The highest BCUT2D eigenvalue weighted by Crippen LogP contribution is 2.21. The predicted molar refractivity (Wildman–Crippen MR) is 76.9 cm³/mol. The maximum Gasteiger partial charge on any atom is 0.308 e. The lowest BCUT2D eigenvalue weighted by Gasteiger charge is -2.23. The third-order valence-electron chi connectivity index (χ3n) is 2.83. The van der Waals surface area contributed by atoms with Crippen LogP contribution in [0.4, 0.5) is 5.69 Å². The zero-order valence-corrected chi connectivity index (χ0v) is 12.5. The van der Waals surface area contributed by atoms with Crippen LogP contribution < -0.4 is 5.73 Å². The average molecular weight is 329 g/mol. The van der Waals surface area contributed by atoms with Gasteiger partial charge in [-0.2, -0.15) is 0 Å². The SMILES string of the molecule is CCN(CC(C)C(=O)O)C(=O)c1ccc(N)c(Br)c1. The number of carbonyl (C=O) groups excluding carboxylic acids is 1. The molecule has 104 valence electrons. The van der Waals surface area contributed by atoms with Crippen LogP contribution in [0.15, 0.2) is 22.7 Å². The second kappa shape index (κ2) is 6.56. The number of carboxylic acids is 1. The van der Waals surface area contributed by atoms with Crippen LogP contribution in [-0.4, -0.2) is 35.0 Å². The number of benzene rings is 1. The smallest absolute Gasteiger partial charge is 0.308 e. The molecule has 0 heterocycles. The van der Waals surface area contributed by atoms with Gasteiger partial charge in [-0.05, 0) is 41.1 Å². The molecule has 1 amide bonds. The molecule has 5 nitrogen and oxygen atoms in total. The lowest BCUT2D eigenvalue weighted by Crippen LogP contribution is -2.36. The molecule has 1 atom stereocenters. The first kappa shape index (κ1) is 15.5. The third-order valence-corrected chi connectivity index (χ3v) is 3.52. The molecule has 0 aliphatic heterocycles. The monoisotopic (exact) mass is 328 g/mol. The molecule has 3 N–H and O–H groups in total. The number of hydrogen-bond acceptors (Lipinski definition) is 3. The predicted octanol–water partition coefficient (Wildman–Crippen LogP) is 2.21. The van der Waals surface area contributed by atoms with Crippen LogP contribution in [0.5, 0.6) is 0 Å². The van der Waals surface area contributed by atoms with E-state index in [-0.39, 0.29) is 12.5 Å². The van der Waals surface area contributed by atoms with Crippen molar-refractivity contribution in [1.29, 1.82) is 0 Å². The van der Waals surface area contributed by atoms with E-state index < -0.39 is 11.9 Å². The Kier molecular flexibility index (Phi) is 5.35. The van der Waals surface area contributed by atoms with Gasteiger partial charge in [-0.15, -0.1) is 0 Å². The third kappa shape index (κ3) is 3.96. The van der Waals surface area contributed by atoms with Crippen molar-refractivity contribution in [3.8, 4) is 0 Å². The van der Waals surface area contributed by atoms with Gasteiger partial charge in [0.15, 0.2) is 0 Å². The van der Waals surface area contributed by atoms with Gasteiger partial charge < -0.3 is 15.7 Å². The van der Waals surface area contributed by atoms with Crippen LogP contribution in [0.25, 0.3) is 0 Å². The van der Waals surface area contributed by atoms with Crippen molar-refractivity contribution in [2.75, 3.05) is 18.8 Å². The van der Waals surface area contributed by atoms with Crippen molar-refractivity contribution in [3.05, 3.63) is 28.2 Å². The molecule has 0 fully saturated rings. The van der Waals surface area contributed by atoms with Crippen LogP contribution in [0.1, 0.15) is 24.2 Å². The largest absolute Gasteiger partial charge is 0.481 e. The molecule has 1 unspecified atom stereocenters. The number of nitrogens with zero attached hydrogens (tertiary/aromatic N) is 1. The fraction of sp³-hybridized carbons (Fsp3) is 0.385. The molecule has 0 radical (unpaired) electrons. The fourth-order valence-corrected chi connectivity index (χ4v) is 1.99. The number of anilines is 1. The van der Waals surface area contributed by atoms with Crippen LogP contribution in [0.2, 0.25) is 0 Å². The second-order valence-corrected chi connectivity index (χ2v) is 5.17. The molecular formula is C13H17BrN2O3. The van der Waals surface area contributed by atoms with Gasteiger partial charge in [0.2, 0.25) is 0 Å². The highest BCUT2D eigenvalue weighted by atomic mass is 79.9. The summed E-state index contributed by atoms with van der Waals surface area (Å²) in [7, 11) is 0. The number of amides is 1. The number of aliphatic carboxylic acids is 1. The maximum absolute atomic E-state index is 12.3. The summed E-state index contributed by atoms with van der Waals surface area (Å²) in [4.78, 5) is 24.6. The van der Waals surface area contributed by atoms with Gasteiger partial charge in [0.05, 0.1) is 5.92 Å². The summed E-state index contributed by atoms with van der Waals surface area (Å²) in [6.45, 7) is 4.04. The zero-order valence-electron chi connectivity index (χ0n) is 10.9. The second-order valence-electron chi connectivity index (χ2n) is 4.32. The molecule has 6 heteroatoms. The van der Waals surface area contributed by atoms with E-state index in [2.05, 4.69) is 15.9 Å². The van der Waals surface area contributed by atoms with Gasteiger partial charge in [0.25, 0.3) is 5.91 Å². The van der Waals surface area contributed by atoms with Crippen LogP contribution in [-0.2, 0) is 4.79 Å². The van der Waals surface area contributed by atoms with E-state index in [1.54, 1.807) is 25.1 Å². The summed E-state index contributed by atoms with van der Waals surface area (Å²) in [5.41, 5.74) is 6.71. The molecule has 0 aromatic heterocycles. The fourth-order valence-electron chi connectivity index (χ4n) is 1.61. The van der Waals surface area contributed by atoms with E-state index in [1.165, 1.54) is 4.90 Å². The number of nitrogens with two attached hydrogens (primary N) is 1. The first-order chi connectivity index (χ1) is 8.86. The Labute approximate surface area is 120 Å². The standard InChI is InChI=1S/C13H17BrN2O3/c1-3-16(7-8(2)13(18)19)12(17)9-4-5-11(15)10(14)6-9/h4-6,8H,3,7,15H2,1-2H3,(H,18,19). The number of nitrogen functional groups attached to an aromatic ring is 1. The summed E-state index contributed by atoms with van der Waals surface area (Å²) in [5, 5.41) is 8.90. The molecule has 0 aliphatic carbocycles. The van der Waals surface area contributed by atoms with Gasteiger partial charge >= 0.3 is 5.97 Å². The zero-order chi connectivity index (χ0) is 14.6. The van der Waals surface area contributed by atoms with Gasteiger partial charge in [-0.25, -0.2) is 0 Å². The number of halogens is 1. The minimum Gasteiger partial charge on any atom is -0.481 e. The number of carbonyl (C=O) groups is 2. The Morgan fingerprint density at radius 3 is 2.58 bits per heavy atom.